The van der Waals surface area contributed by atoms with Crippen molar-refractivity contribution < 1.29 is 8.81 Å². The predicted octanol–water partition coefficient (Wildman–Crippen LogP) is 7.61. The fourth-order valence-corrected chi connectivity index (χ4v) is 4.26. The largest absolute Gasteiger partial charge is 0.455 e. The molecule has 30 heavy (non-hydrogen) atoms. The molecule has 142 valence electrons. The number of rotatable bonds is 2. The first-order valence-electron chi connectivity index (χ1n) is 9.84. The lowest BCUT2D eigenvalue weighted by molar-refractivity contribution is 0.623. The fraction of sp³-hybridized carbons (Fsp3) is 0. The molecule has 2 nitrogen and oxygen atoms in total. The third-order valence-corrected chi connectivity index (χ3v) is 5.62. The van der Waals surface area contributed by atoms with E-state index >= 15 is 4.39 Å². The van der Waals surface area contributed by atoms with Crippen molar-refractivity contribution in [2.75, 3.05) is 0 Å². The average molecular weight is 389 g/mol. The molecule has 6 aromatic rings. The number of fused-ring (bicyclic) bond motifs is 4. The minimum absolute atomic E-state index is 0.294. The number of benzene rings is 4. The monoisotopic (exact) mass is 389 g/mol. The van der Waals surface area contributed by atoms with Crippen molar-refractivity contribution in [3.05, 3.63) is 103 Å². The van der Waals surface area contributed by atoms with Crippen LogP contribution in [0.2, 0.25) is 0 Å². The maximum Gasteiger partial charge on any atom is 0.146 e. The molecular formula is C27H16FNO. The number of hydrogen-bond acceptors (Lipinski definition) is 2. The van der Waals surface area contributed by atoms with Crippen molar-refractivity contribution in [2.24, 2.45) is 0 Å². The van der Waals surface area contributed by atoms with Gasteiger partial charge >= 0.3 is 0 Å². The van der Waals surface area contributed by atoms with Gasteiger partial charge in [-0.3, -0.25) is 4.98 Å². The van der Waals surface area contributed by atoms with Gasteiger partial charge in [-0.2, -0.15) is 0 Å². The number of pyridine rings is 1. The van der Waals surface area contributed by atoms with Crippen molar-refractivity contribution in [2.45, 2.75) is 0 Å². The first kappa shape index (κ1) is 16.9. The Hall–Kier alpha value is -3.98. The second-order valence-corrected chi connectivity index (χ2v) is 7.33. The molecule has 2 heterocycles. The van der Waals surface area contributed by atoms with Crippen LogP contribution in [0.1, 0.15) is 0 Å². The van der Waals surface area contributed by atoms with Gasteiger partial charge < -0.3 is 4.42 Å². The van der Waals surface area contributed by atoms with Crippen molar-refractivity contribution in [1.82, 2.24) is 4.98 Å². The Morgan fingerprint density at radius 1 is 0.600 bits per heavy atom. The van der Waals surface area contributed by atoms with Crippen LogP contribution in [0.4, 0.5) is 4.39 Å². The maximum absolute atomic E-state index is 15.2. The van der Waals surface area contributed by atoms with Crippen LogP contribution in [0.3, 0.4) is 0 Å². The van der Waals surface area contributed by atoms with Crippen LogP contribution in [0, 0.1) is 5.82 Å². The second kappa shape index (κ2) is 6.53. The van der Waals surface area contributed by atoms with Crippen LogP contribution in [-0.2, 0) is 0 Å². The lowest BCUT2D eigenvalue weighted by Crippen LogP contribution is -1.87. The van der Waals surface area contributed by atoms with Crippen LogP contribution >= 0.6 is 0 Å². The normalized spacial score (nSPS) is 11.5. The van der Waals surface area contributed by atoms with E-state index in [4.69, 9.17) is 4.42 Å². The third kappa shape index (κ3) is 2.45. The Bertz CT molecular complexity index is 1540. The van der Waals surface area contributed by atoms with Crippen molar-refractivity contribution in [3.63, 3.8) is 0 Å². The topological polar surface area (TPSA) is 26.0 Å². The molecule has 6 rings (SSSR count). The Kier molecular flexibility index (Phi) is 3.68. The molecule has 0 saturated carbocycles. The zero-order valence-electron chi connectivity index (χ0n) is 16.0. The lowest BCUT2D eigenvalue weighted by atomic mass is 9.96. The van der Waals surface area contributed by atoms with Gasteiger partial charge in [0.15, 0.2) is 0 Å². The van der Waals surface area contributed by atoms with Gasteiger partial charge in [0, 0.05) is 22.5 Å². The first-order valence-corrected chi connectivity index (χ1v) is 9.84. The van der Waals surface area contributed by atoms with E-state index in [1.165, 1.54) is 6.07 Å². The summed E-state index contributed by atoms with van der Waals surface area (Å²) in [6.45, 7) is 0. The minimum Gasteiger partial charge on any atom is -0.455 e. The van der Waals surface area contributed by atoms with Crippen molar-refractivity contribution in [3.8, 4) is 22.4 Å². The predicted molar refractivity (Wildman–Crippen MR) is 120 cm³/mol. The second-order valence-electron chi connectivity index (χ2n) is 7.33. The highest BCUT2D eigenvalue weighted by Gasteiger charge is 2.20. The van der Waals surface area contributed by atoms with E-state index in [0.717, 1.165) is 43.9 Å². The van der Waals surface area contributed by atoms with E-state index < -0.39 is 0 Å². The van der Waals surface area contributed by atoms with E-state index in [0.29, 0.717) is 11.1 Å². The van der Waals surface area contributed by atoms with E-state index in [9.17, 15) is 0 Å². The Balaban J connectivity index is 1.73. The van der Waals surface area contributed by atoms with Crippen LogP contribution in [0.5, 0.6) is 0 Å². The molecule has 0 spiro atoms. The average Bonchev–Trinajstić information content (AvgIpc) is 3.18. The minimum atomic E-state index is -0.294. The molecule has 4 aromatic carbocycles. The molecule has 0 radical (unpaired) electrons. The zero-order valence-corrected chi connectivity index (χ0v) is 16.0. The quantitative estimate of drug-likeness (QED) is 0.305. The number of hydrogen-bond donors (Lipinski definition) is 0. The van der Waals surface area contributed by atoms with Gasteiger partial charge in [-0.25, -0.2) is 4.39 Å². The number of furan rings is 1. The van der Waals surface area contributed by atoms with Gasteiger partial charge in [0.05, 0.1) is 11.3 Å². The summed E-state index contributed by atoms with van der Waals surface area (Å²) >= 11 is 0. The number of halogens is 1. The Morgan fingerprint density at radius 2 is 1.33 bits per heavy atom. The summed E-state index contributed by atoms with van der Waals surface area (Å²) in [5, 5.41) is 3.91. The number of nitrogens with zero attached hydrogens (tertiary/aromatic N) is 1. The fourth-order valence-electron chi connectivity index (χ4n) is 4.26. The molecule has 2 aromatic heterocycles. The Morgan fingerprint density at radius 3 is 2.23 bits per heavy atom. The standard InChI is InChI=1S/C27H16FNO/c28-23-15-14-21-20-11-6-12-22(24-13-3-4-16-29-24)26(20)30-27(21)25(23)19-10-5-8-17-7-1-2-9-18(17)19/h1-16H. The summed E-state index contributed by atoms with van der Waals surface area (Å²) < 4.78 is 21.6. The van der Waals surface area contributed by atoms with E-state index in [2.05, 4.69) is 4.98 Å². The molecule has 0 unspecified atom stereocenters. The summed E-state index contributed by atoms with van der Waals surface area (Å²) in [7, 11) is 0. The molecule has 0 atom stereocenters. The smallest absolute Gasteiger partial charge is 0.146 e. The van der Waals surface area contributed by atoms with Gasteiger partial charge in [-0.1, -0.05) is 60.7 Å². The maximum atomic E-state index is 15.2. The first-order chi connectivity index (χ1) is 14.8. The van der Waals surface area contributed by atoms with E-state index in [-0.39, 0.29) is 5.82 Å². The van der Waals surface area contributed by atoms with Crippen LogP contribution in [-0.4, -0.2) is 4.98 Å². The van der Waals surface area contributed by atoms with Gasteiger partial charge in [-0.05, 0) is 46.7 Å². The highest BCUT2D eigenvalue weighted by Crippen LogP contribution is 2.42. The van der Waals surface area contributed by atoms with E-state index in [1.807, 2.05) is 78.9 Å². The number of para-hydroxylation sites is 1. The van der Waals surface area contributed by atoms with Gasteiger partial charge in [-0.15, -0.1) is 0 Å². The van der Waals surface area contributed by atoms with Crippen LogP contribution in [0.15, 0.2) is 102 Å². The Labute approximate surface area is 172 Å². The van der Waals surface area contributed by atoms with Crippen LogP contribution in [0.25, 0.3) is 55.1 Å². The van der Waals surface area contributed by atoms with Crippen molar-refractivity contribution >= 4 is 32.7 Å². The summed E-state index contributed by atoms with van der Waals surface area (Å²) in [5.41, 5.74) is 4.33. The highest BCUT2D eigenvalue weighted by atomic mass is 19.1. The molecule has 0 N–H and O–H groups in total. The SMILES string of the molecule is Fc1ccc2c(oc3c(-c4ccccn4)cccc32)c1-c1cccc2ccccc12. The molecule has 0 fully saturated rings. The summed E-state index contributed by atoms with van der Waals surface area (Å²) in [4.78, 5) is 4.47. The lowest BCUT2D eigenvalue weighted by Gasteiger charge is -2.08. The molecule has 0 amide bonds. The molecule has 0 aliphatic rings. The molecule has 3 heteroatoms. The molecule has 0 bridgehead atoms. The van der Waals surface area contributed by atoms with Crippen LogP contribution < -0.4 is 0 Å². The highest BCUT2D eigenvalue weighted by molar-refractivity contribution is 6.14. The van der Waals surface area contributed by atoms with Crippen molar-refractivity contribution in [1.29, 1.82) is 0 Å². The number of aromatic nitrogens is 1. The van der Waals surface area contributed by atoms with Gasteiger partial charge in [0.25, 0.3) is 0 Å². The summed E-state index contributed by atoms with van der Waals surface area (Å²) in [6.07, 6.45) is 1.76. The molecular weight excluding hydrogens is 373 g/mol. The molecule has 0 aliphatic carbocycles. The van der Waals surface area contributed by atoms with Gasteiger partial charge in [0.1, 0.15) is 17.0 Å². The van der Waals surface area contributed by atoms with E-state index in [1.54, 1.807) is 12.3 Å². The van der Waals surface area contributed by atoms with Gasteiger partial charge in [0.2, 0.25) is 0 Å². The zero-order chi connectivity index (χ0) is 20.1. The summed E-state index contributed by atoms with van der Waals surface area (Å²) in [5.74, 6) is -0.294. The summed E-state index contributed by atoms with van der Waals surface area (Å²) in [6, 6.07) is 29.1. The molecule has 0 saturated heterocycles. The molecule has 0 aliphatic heterocycles. The third-order valence-electron chi connectivity index (χ3n) is 5.62.